The summed E-state index contributed by atoms with van der Waals surface area (Å²) in [6.07, 6.45) is 3.12. The van der Waals surface area contributed by atoms with Crippen molar-refractivity contribution in [1.29, 1.82) is 0 Å². The maximum Gasteiger partial charge on any atom is 0.272 e. The van der Waals surface area contributed by atoms with E-state index >= 15 is 0 Å². The fourth-order valence-electron chi connectivity index (χ4n) is 4.25. The minimum Gasteiger partial charge on any atom is -0.328 e. The van der Waals surface area contributed by atoms with Crippen molar-refractivity contribution < 1.29 is 13.2 Å². The summed E-state index contributed by atoms with van der Waals surface area (Å²) in [5.41, 5.74) is 0.587. The second-order valence-electron chi connectivity index (χ2n) is 8.15. The van der Waals surface area contributed by atoms with Gasteiger partial charge in [-0.2, -0.15) is 5.10 Å². The largest absolute Gasteiger partial charge is 0.328 e. The van der Waals surface area contributed by atoms with Crippen LogP contribution in [0.5, 0.6) is 0 Å². The highest BCUT2D eigenvalue weighted by molar-refractivity contribution is 7.89. The molecule has 0 spiro atoms. The van der Waals surface area contributed by atoms with E-state index in [9.17, 15) is 13.2 Å². The highest BCUT2D eigenvalue weighted by Gasteiger charge is 2.34. The summed E-state index contributed by atoms with van der Waals surface area (Å²) in [5, 5.41) is 12.6. The van der Waals surface area contributed by atoms with Crippen molar-refractivity contribution in [2.75, 3.05) is 19.6 Å². The number of carbonyl (C=O) groups is 1. The summed E-state index contributed by atoms with van der Waals surface area (Å²) in [5.74, 6) is 1.84. The number of aromatic nitrogens is 5. The summed E-state index contributed by atoms with van der Waals surface area (Å²) in [6, 6.07) is 1.75. The third-order valence-electron chi connectivity index (χ3n) is 6.08. The van der Waals surface area contributed by atoms with Crippen molar-refractivity contribution in [3.8, 4) is 0 Å². The van der Waals surface area contributed by atoms with Crippen LogP contribution in [-0.4, -0.2) is 73.0 Å². The maximum absolute atomic E-state index is 12.9. The SMILES string of the molecule is CCn1nccc1C(=O)N1CCn2c(nnc2C2CCN(S(=O)(=O)C(C)C)CC2)C1. The molecule has 164 valence electrons. The number of rotatable bonds is 5. The summed E-state index contributed by atoms with van der Waals surface area (Å²) < 4.78 is 30.2. The van der Waals surface area contributed by atoms with Gasteiger partial charge in [0.25, 0.3) is 5.91 Å². The smallest absolute Gasteiger partial charge is 0.272 e. The third-order valence-corrected chi connectivity index (χ3v) is 8.36. The van der Waals surface area contributed by atoms with E-state index < -0.39 is 15.3 Å². The molecule has 0 aromatic carbocycles. The quantitative estimate of drug-likeness (QED) is 0.695. The van der Waals surface area contributed by atoms with E-state index in [4.69, 9.17) is 0 Å². The Kier molecular flexibility index (Phi) is 5.67. The van der Waals surface area contributed by atoms with E-state index in [0.29, 0.717) is 45.0 Å². The molecule has 2 aromatic heterocycles. The van der Waals surface area contributed by atoms with Crippen molar-refractivity contribution in [1.82, 2.24) is 33.8 Å². The fraction of sp³-hybridized carbons (Fsp3) is 0.684. The predicted octanol–water partition coefficient (Wildman–Crippen LogP) is 1.07. The van der Waals surface area contributed by atoms with E-state index in [2.05, 4.69) is 19.9 Å². The number of nitrogens with zero attached hydrogens (tertiary/aromatic N) is 7. The molecule has 1 amide bonds. The van der Waals surface area contributed by atoms with Gasteiger partial charge in [0.1, 0.15) is 11.5 Å². The highest BCUT2D eigenvalue weighted by atomic mass is 32.2. The van der Waals surface area contributed by atoms with Crippen molar-refractivity contribution in [2.24, 2.45) is 0 Å². The van der Waals surface area contributed by atoms with Gasteiger partial charge in [0, 0.05) is 44.8 Å². The van der Waals surface area contributed by atoms with Gasteiger partial charge >= 0.3 is 0 Å². The zero-order valence-corrected chi connectivity index (χ0v) is 18.5. The van der Waals surface area contributed by atoms with Gasteiger partial charge in [-0.25, -0.2) is 12.7 Å². The molecule has 2 aromatic rings. The lowest BCUT2D eigenvalue weighted by atomic mass is 9.97. The van der Waals surface area contributed by atoms with Crippen LogP contribution in [0.3, 0.4) is 0 Å². The van der Waals surface area contributed by atoms with Crippen LogP contribution in [0.2, 0.25) is 0 Å². The molecule has 11 heteroatoms. The lowest BCUT2D eigenvalue weighted by Crippen LogP contribution is -2.42. The molecular formula is C19H29N7O3S. The average Bonchev–Trinajstić information content (AvgIpc) is 3.39. The normalized spacial score (nSPS) is 18.7. The van der Waals surface area contributed by atoms with Crippen molar-refractivity contribution in [3.05, 3.63) is 29.6 Å². The third kappa shape index (κ3) is 3.64. The first kappa shape index (κ1) is 21.0. The summed E-state index contributed by atoms with van der Waals surface area (Å²) in [6.45, 7) is 8.72. The molecule has 4 rings (SSSR count). The second kappa shape index (κ2) is 8.10. The molecule has 1 saturated heterocycles. The van der Waals surface area contributed by atoms with Crippen LogP contribution in [0, 0.1) is 0 Å². The first-order chi connectivity index (χ1) is 14.3. The number of sulfonamides is 1. The number of carbonyl (C=O) groups excluding carboxylic acids is 1. The monoisotopic (exact) mass is 435 g/mol. The first-order valence-electron chi connectivity index (χ1n) is 10.5. The molecule has 2 aliphatic heterocycles. The van der Waals surface area contributed by atoms with Crippen LogP contribution in [0.4, 0.5) is 0 Å². The minimum absolute atomic E-state index is 0.0441. The van der Waals surface area contributed by atoms with Crippen molar-refractivity contribution >= 4 is 15.9 Å². The van der Waals surface area contributed by atoms with Crippen LogP contribution >= 0.6 is 0 Å². The van der Waals surface area contributed by atoms with Crippen LogP contribution < -0.4 is 0 Å². The van der Waals surface area contributed by atoms with Gasteiger partial charge in [-0.15, -0.1) is 10.2 Å². The Morgan fingerprint density at radius 3 is 2.57 bits per heavy atom. The second-order valence-corrected chi connectivity index (χ2v) is 10.6. The number of hydrogen-bond donors (Lipinski definition) is 0. The molecule has 0 bridgehead atoms. The van der Waals surface area contributed by atoms with Gasteiger partial charge in [-0.05, 0) is 39.7 Å². The summed E-state index contributed by atoms with van der Waals surface area (Å²) in [4.78, 5) is 14.7. The molecule has 0 atom stereocenters. The van der Waals surface area contributed by atoms with E-state index in [-0.39, 0.29) is 11.8 Å². The Balaban J connectivity index is 1.44. The van der Waals surface area contributed by atoms with E-state index in [1.165, 1.54) is 0 Å². The first-order valence-corrected chi connectivity index (χ1v) is 12.0. The van der Waals surface area contributed by atoms with Gasteiger partial charge in [-0.3, -0.25) is 9.48 Å². The van der Waals surface area contributed by atoms with E-state index in [0.717, 1.165) is 24.5 Å². The number of piperidine rings is 1. The highest BCUT2D eigenvalue weighted by Crippen LogP contribution is 2.30. The molecule has 0 unspecified atom stereocenters. The van der Waals surface area contributed by atoms with Crippen LogP contribution in [0.25, 0.3) is 0 Å². The molecule has 1 fully saturated rings. The number of aryl methyl sites for hydroxylation is 1. The van der Waals surface area contributed by atoms with Crippen molar-refractivity contribution in [2.45, 2.75) is 64.4 Å². The van der Waals surface area contributed by atoms with E-state index in [1.54, 1.807) is 40.0 Å². The van der Waals surface area contributed by atoms with Crippen molar-refractivity contribution in [3.63, 3.8) is 0 Å². The summed E-state index contributed by atoms with van der Waals surface area (Å²) in [7, 11) is -3.21. The molecule has 30 heavy (non-hydrogen) atoms. The minimum atomic E-state index is -3.21. The number of fused-ring (bicyclic) bond motifs is 1. The lowest BCUT2D eigenvalue weighted by molar-refractivity contribution is 0.0693. The zero-order valence-electron chi connectivity index (χ0n) is 17.7. The van der Waals surface area contributed by atoms with Gasteiger partial charge in [0.05, 0.1) is 11.8 Å². The van der Waals surface area contributed by atoms with Gasteiger partial charge in [0.2, 0.25) is 10.0 Å². The maximum atomic E-state index is 12.9. The van der Waals surface area contributed by atoms with Gasteiger partial charge in [0.15, 0.2) is 5.82 Å². The average molecular weight is 436 g/mol. The Hall–Kier alpha value is -2.27. The molecule has 0 radical (unpaired) electrons. The standard InChI is InChI=1S/C19H29N7O3S/c1-4-26-16(5-8-20-26)19(27)23-11-12-25-17(13-23)21-22-18(25)15-6-9-24(10-7-15)30(28,29)14(2)3/h5,8,14-15H,4,6-7,9-13H2,1-3H3. The van der Waals surface area contributed by atoms with Gasteiger partial charge in [-0.1, -0.05) is 0 Å². The van der Waals surface area contributed by atoms with Crippen LogP contribution in [-0.2, 0) is 29.7 Å². The molecule has 0 N–H and O–H groups in total. The van der Waals surface area contributed by atoms with Gasteiger partial charge < -0.3 is 9.47 Å². The Labute approximate surface area is 176 Å². The summed E-state index contributed by atoms with van der Waals surface area (Å²) >= 11 is 0. The zero-order chi connectivity index (χ0) is 21.5. The van der Waals surface area contributed by atoms with E-state index in [1.807, 2.05) is 6.92 Å². The predicted molar refractivity (Wildman–Crippen MR) is 110 cm³/mol. The van der Waals surface area contributed by atoms with Crippen LogP contribution in [0.15, 0.2) is 12.3 Å². The topological polar surface area (TPSA) is 106 Å². The number of amides is 1. The Morgan fingerprint density at radius 1 is 1.17 bits per heavy atom. The molecule has 0 saturated carbocycles. The Bertz CT molecular complexity index is 1020. The number of hydrogen-bond acceptors (Lipinski definition) is 6. The molecule has 2 aliphatic rings. The molecular weight excluding hydrogens is 406 g/mol. The fourth-order valence-corrected chi connectivity index (χ4v) is 5.57. The Morgan fingerprint density at radius 2 is 1.90 bits per heavy atom. The molecule has 4 heterocycles. The van der Waals surface area contributed by atoms with Crippen LogP contribution in [0.1, 0.15) is 61.7 Å². The molecule has 10 nitrogen and oxygen atoms in total. The lowest BCUT2D eigenvalue weighted by Gasteiger charge is -2.33. The molecule has 0 aliphatic carbocycles.